The lowest BCUT2D eigenvalue weighted by Crippen LogP contribution is -2.31. The van der Waals surface area contributed by atoms with E-state index < -0.39 is 0 Å². The van der Waals surface area contributed by atoms with Crippen LogP contribution in [0.3, 0.4) is 0 Å². The summed E-state index contributed by atoms with van der Waals surface area (Å²) in [5.41, 5.74) is 3.27. The van der Waals surface area contributed by atoms with Gasteiger partial charge in [-0.3, -0.25) is 4.79 Å². The van der Waals surface area contributed by atoms with Gasteiger partial charge >= 0.3 is 0 Å². The summed E-state index contributed by atoms with van der Waals surface area (Å²) in [6, 6.07) is 6.76. The van der Waals surface area contributed by atoms with Gasteiger partial charge in [0.1, 0.15) is 0 Å². The van der Waals surface area contributed by atoms with Crippen molar-refractivity contribution < 1.29 is 4.79 Å². The average molecular weight is 288 g/mol. The van der Waals surface area contributed by atoms with E-state index in [2.05, 4.69) is 30.5 Å². The molecular formula is C18H28N2O. The van der Waals surface area contributed by atoms with E-state index in [1.807, 2.05) is 12.1 Å². The summed E-state index contributed by atoms with van der Waals surface area (Å²) in [4.78, 5) is 12.0. The van der Waals surface area contributed by atoms with Gasteiger partial charge < -0.3 is 10.6 Å². The lowest BCUT2D eigenvalue weighted by atomic mass is 10.1. The first-order valence-electron chi connectivity index (χ1n) is 8.25. The van der Waals surface area contributed by atoms with Crippen LogP contribution in [0.1, 0.15) is 56.1 Å². The summed E-state index contributed by atoms with van der Waals surface area (Å²) < 4.78 is 0. The highest BCUT2D eigenvalue weighted by Crippen LogP contribution is 2.17. The Kier molecular flexibility index (Phi) is 6.24. The molecule has 0 aliphatic heterocycles. The third-order valence-corrected chi connectivity index (χ3v) is 4.15. The van der Waals surface area contributed by atoms with Crippen LogP contribution in [-0.2, 0) is 4.79 Å². The molecule has 0 heterocycles. The Morgan fingerprint density at radius 1 is 1.05 bits per heavy atom. The summed E-state index contributed by atoms with van der Waals surface area (Å²) in [7, 11) is 0. The molecule has 1 aliphatic carbocycles. The van der Waals surface area contributed by atoms with Gasteiger partial charge in [-0.2, -0.15) is 0 Å². The monoisotopic (exact) mass is 288 g/mol. The molecule has 116 valence electrons. The van der Waals surface area contributed by atoms with Gasteiger partial charge in [-0.15, -0.1) is 0 Å². The largest absolute Gasteiger partial charge is 0.326 e. The Balaban J connectivity index is 1.71. The predicted molar refractivity (Wildman–Crippen MR) is 88.7 cm³/mol. The molecule has 0 radical (unpaired) electrons. The van der Waals surface area contributed by atoms with Crippen LogP contribution >= 0.6 is 0 Å². The first kappa shape index (κ1) is 16.0. The van der Waals surface area contributed by atoms with Crippen LogP contribution in [0.25, 0.3) is 0 Å². The van der Waals surface area contributed by atoms with E-state index in [9.17, 15) is 4.79 Å². The molecule has 1 amide bonds. The van der Waals surface area contributed by atoms with Crippen LogP contribution in [0.2, 0.25) is 0 Å². The molecule has 0 bridgehead atoms. The van der Waals surface area contributed by atoms with Crippen LogP contribution in [0.4, 0.5) is 5.69 Å². The van der Waals surface area contributed by atoms with Crippen LogP contribution < -0.4 is 10.6 Å². The maximum absolute atomic E-state index is 12.0. The predicted octanol–water partition coefficient (Wildman–Crippen LogP) is 3.94. The van der Waals surface area contributed by atoms with E-state index in [4.69, 9.17) is 0 Å². The minimum Gasteiger partial charge on any atom is -0.326 e. The van der Waals surface area contributed by atoms with Crippen LogP contribution in [0.5, 0.6) is 0 Å². The number of anilines is 1. The van der Waals surface area contributed by atoms with E-state index in [-0.39, 0.29) is 5.91 Å². The van der Waals surface area contributed by atoms with Crippen molar-refractivity contribution >= 4 is 11.6 Å². The number of amides is 1. The van der Waals surface area contributed by atoms with E-state index in [0.717, 1.165) is 12.2 Å². The molecule has 0 atom stereocenters. The van der Waals surface area contributed by atoms with Gasteiger partial charge in [-0.1, -0.05) is 31.7 Å². The number of aryl methyl sites for hydroxylation is 2. The molecule has 0 saturated heterocycles. The molecule has 1 aromatic carbocycles. The number of rotatable bonds is 5. The quantitative estimate of drug-likeness (QED) is 0.806. The fraction of sp³-hybridized carbons (Fsp3) is 0.611. The molecule has 3 heteroatoms. The molecule has 0 aromatic heterocycles. The third-order valence-electron chi connectivity index (χ3n) is 4.15. The van der Waals surface area contributed by atoms with Gasteiger partial charge in [0.2, 0.25) is 5.91 Å². The zero-order valence-electron chi connectivity index (χ0n) is 13.4. The van der Waals surface area contributed by atoms with Gasteiger partial charge in [0.25, 0.3) is 0 Å². The van der Waals surface area contributed by atoms with Crippen molar-refractivity contribution in [3.05, 3.63) is 29.3 Å². The topological polar surface area (TPSA) is 41.1 Å². The first-order valence-corrected chi connectivity index (χ1v) is 8.25. The lowest BCUT2D eigenvalue weighted by molar-refractivity contribution is -0.116. The Morgan fingerprint density at radius 2 is 1.67 bits per heavy atom. The zero-order chi connectivity index (χ0) is 15.1. The SMILES string of the molecule is Cc1cc(C)cc(NC(=O)CCNC2CCCCCC2)c1. The maximum Gasteiger partial charge on any atom is 0.225 e. The molecule has 0 unspecified atom stereocenters. The standard InChI is InChI=1S/C18H28N2O/c1-14-11-15(2)13-17(12-14)20-18(21)9-10-19-16-7-5-3-4-6-8-16/h11-13,16,19H,3-10H2,1-2H3,(H,20,21). The second-order valence-corrected chi connectivity index (χ2v) is 6.32. The normalized spacial score (nSPS) is 16.5. The summed E-state index contributed by atoms with van der Waals surface area (Å²) in [5, 5.41) is 6.53. The van der Waals surface area contributed by atoms with Crippen molar-refractivity contribution in [1.29, 1.82) is 0 Å². The molecule has 1 aromatic rings. The van der Waals surface area contributed by atoms with Crippen molar-refractivity contribution in [3.63, 3.8) is 0 Å². The van der Waals surface area contributed by atoms with Crippen molar-refractivity contribution in [2.24, 2.45) is 0 Å². The number of carbonyl (C=O) groups is 1. The Labute approximate surface area is 128 Å². The fourth-order valence-electron chi connectivity index (χ4n) is 3.14. The Morgan fingerprint density at radius 3 is 2.29 bits per heavy atom. The molecular weight excluding hydrogens is 260 g/mol. The van der Waals surface area contributed by atoms with Crippen LogP contribution in [0.15, 0.2) is 18.2 Å². The summed E-state index contributed by atoms with van der Waals surface area (Å²) >= 11 is 0. The number of carbonyl (C=O) groups excluding carboxylic acids is 1. The van der Waals surface area contributed by atoms with Crippen molar-refractivity contribution in [2.45, 2.75) is 64.8 Å². The molecule has 3 nitrogen and oxygen atoms in total. The van der Waals surface area contributed by atoms with E-state index >= 15 is 0 Å². The van der Waals surface area contributed by atoms with E-state index in [1.54, 1.807) is 0 Å². The minimum atomic E-state index is 0.0983. The number of benzene rings is 1. The molecule has 2 rings (SSSR count). The van der Waals surface area contributed by atoms with E-state index in [1.165, 1.54) is 49.7 Å². The molecule has 0 spiro atoms. The zero-order valence-corrected chi connectivity index (χ0v) is 13.4. The Bertz CT molecular complexity index is 442. The number of hydrogen-bond donors (Lipinski definition) is 2. The van der Waals surface area contributed by atoms with Crippen molar-refractivity contribution in [2.75, 3.05) is 11.9 Å². The van der Waals surface area contributed by atoms with Crippen LogP contribution in [0, 0.1) is 13.8 Å². The molecule has 1 saturated carbocycles. The highest BCUT2D eigenvalue weighted by atomic mass is 16.1. The van der Waals surface area contributed by atoms with Crippen molar-refractivity contribution in [1.82, 2.24) is 5.32 Å². The van der Waals surface area contributed by atoms with Gasteiger partial charge in [-0.25, -0.2) is 0 Å². The second kappa shape index (κ2) is 8.18. The average Bonchev–Trinajstić information content (AvgIpc) is 2.66. The maximum atomic E-state index is 12.0. The summed E-state index contributed by atoms with van der Waals surface area (Å²) in [6.45, 7) is 4.88. The highest BCUT2D eigenvalue weighted by Gasteiger charge is 2.12. The van der Waals surface area contributed by atoms with Gasteiger partial charge in [0.05, 0.1) is 0 Å². The van der Waals surface area contributed by atoms with Gasteiger partial charge in [0, 0.05) is 24.7 Å². The minimum absolute atomic E-state index is 0.0983. The number of nitrogens with one attached hydrogen (secondary N) is 2. The lowest BCUT2D eigenvalue weighted by Gasteiger charge is -2.16. The van der Waals surface area contributed by atoms with Gasteiger partial charge in [-0.05, 0) is 49.9 Å². The highest BCUT2D eigenvalue weighted by molar-refractivity contribution is 5.91. The second-order valence-electron chi connectivity index (χ2n) is 6.32. The van der Waals surface area contributed by atoms with Gasteiger partial charge in [0.15, 0.2) is 0 Å². The summed E-state index contributed by atoms with van der Waals surface area (Å²) in [6.07, 6.45) is 8.45. The summed E-state index contributed by atoms with van der Waals surface area (Å²) in [5.74, 6) is 0.0983. The van der Waals surface area contributed by atoms with Crippen LogP contribution in [-0.4, -0.2) is 18.5 Å². The fourth-order valence-corrected chi connectivity index (χ4v) is 3.14. The molecule has 1 aliphatic rings. The number of hydrogen-bond acceptors (Lipinski definition) is 2. The Hall–Kier alpha value is -1.35. The smallest absolute Gasteiger partial charge is 0.225 e. The molecule has 21 heavy (non-hydrogen) atoms. The first-order chi connectivity index (χ1) is 10.1. The molecule has 2 N–H and O–H groups in total. The molecule has 1 fully saturated rings. The van der Waals surface area contributed by atoms with E-state index in [0.29, 0.717) is 12.5 Å². The van der Waals surface area contributed by atoms with Crippen molar-refractivity contribution in [3.8, 4) is 0 Å². The third kappa shape index (κ3) is 5.88.